The summed E-state index contributed by atoms with van der Waals surface area (Å²) in [5, 5.41) is 8.50. The van der Waals surface area contributed by atoms with Crippen molar-refractivity contribution >= 4 is 11.6 Å². The second-order valence-electron chi connectivity index (χ2n) is 12.6. The number of nitrogens with zero attached hydrogens (tertiary/aromatic N) is 3. The van der Waals surface area contributed by atoms with Crippen molar-refractivity contribution in [3.63, 3.8) is 0 Å². The number of hydrogen-bond donors (Lipinski definition) is 1. The number of carbonyl (C=O) groups is 1. The Balaban J connectivity index is 1.38. The number of amides is 1. The molecule has 7 nitrogen and oxygen atoms in total. The SMILES string of the molecule is COc1ccc(CN2C(=O)C3(CCC3)c3cc(-c4cc(C)nn4-c4ccccc4)cc(OC4CC(C)NC(C)C4)c32)cc1. The normalized spacial score (nSPS) is 22.4. The van der Waals surface area contributed by atoms with E-state index in [0.29, 0.717) is 18.6 Å². The number of methoxy groups -OCH3 is 1. The van der Waals surface area contributed by atoms with Crippen molar-refractivity contribution in [2.45, 2.75) is 83.0 Å². The van der Waals surface area contributed by atoms with Gasteiger partial charge in [0.15, 0.2) is 0 Å². The maximum Gasteiger partial charge on any atom is 0.238 e. The molecule has 1 spiro atoms. The summed E-state index contributed by atoms with van der Waals surface area (Å²) < 4.78 is 14.4. The van der Waals surface area contributed by atoms with Crippen LogP contribution in [-0.2, 0) is 16.8 Å². The lowest BCUT2D eigenvalue weighted by Gasteiger charge is -2.37. The number of benzene rings is 3. The Labute approximate surface area is 253 Å². The summed E-state index contributed by atoms with van der Waals surface area (Å²) in [5.74, 6) is 1.79. The molecule has 2 fully saturated rings. The van der Waals surface area contributed by atoms with Gasteiger partial charge in [-0.2, -0.15) is 5.10 Å². The first-order valence-electron chi connectivity index (χ1n) is 15.5. The van der Waals surface area contributed by atoms with E-state index in [1.54, 1.807) is 7.11 Å². The first-order chi connectivity index (χ1) is 20.8. The molecule has 1 N–H and O–H groups in total. The smallest absolute Gasteiger partial charge is 0.238 e. The Morgan fingerprint density at radius 1 is 0.977 bits per heavy atom. The Bertz CT molecular complexity index is 1630. The zero-order chi connectivity index (χ0) is 29.7. The lowest BCUT2D eigenvalue weighted by molar-refractivity contribution is -0.126. The zero-order valence-electron chi connectivity index (χ0n) is 25.5. The largest absolute Gasteiger partial charge is 0.497 e. The third-order valence-electron chi connectivity index (χ3n) is 9.45. The topological polar surface area (TPSA) is 68.6 Å². The van der Waals surface area contributed by atoms with E-state index in [9.17, 15) is 4.79 Å². The molecule has 7 heteroatoms. The number of hydrogen-bond acceptors (Lipinski definition) is 5. The second kappa shape index (κ2) is 10.9. The summed E-state index contributed by atoms with van der Waals surface area (Å²) in [4.78, 5) is 16.4. The molecular formula is C36H40N4O3. The van der Waals surface area contributed by atoms with Crippen LogP contribution in [0, 0.1) is 6.92 Å². The zero-order valence-corrected chi connectivity index (χ0v) is 25.5. The van der Waals surface area contributed by atoms with Crippen LogP contribution in [0.5, 0.6) is 11.5 Å². The minimum Gasteiger partial charge on any atom is -0.497 e. The van der Waals surface area contributed by atoms with E-state index >= 15 is 0 Å². The maximum absolute atomic E-state index is 14.4. The fourth-order valence-corrected chi connectivity index (χ4v) is 7.30. The molecule has 3 aromatic carbocycles. The van der Waals surface area contributed by atoms with Crippen molar-refractivity contribution in [3.05, 3.63) is 89.6 Å². The monoisotopic (exact) mass is 576 g/mol. The van der Waals surface area contributed by atoms with E-state index in [1.165, 1.54) is 0 Å². The molecule has 4 aromatic rings. The molecule has 3 aliphatic rings. The molecule has 1 saturated carbocycles. The number of fused-ring (bicyclic) bond motifs is 2. The molecule has 3 heterocycles. The highest BCUT2D eigenvalue weighted by molar-refractivity contribution is 6.10. The van der Waals surface area contributed by atoms with E-state index in [0.717, 1.165) is 83.1 Å². The fraction of sp³-hybridized carbons (Fsp3) is 0.389. The molecule has 222 valence electrons. The van der Waals surface area contributed by atoms with E-state index in [2.05, 4.69) is 49.5 Å². The van der Waals surface area contributed by atoms with Crippen LogP contribution in [0.2, 0.25) is 0 Å². The fourth-order valence-electron chi connectivity index (χ4n) is 7.30. The molecule has 0 bridgehead atoms. The van der Waals surface area contributed by atoms with Gasteiger partial charge < -0.3 is 19.7 Å². The quantitative estimate of drug-likeness (QED) is 0.264. The van der Waals surface area contributed by atoms with Crippen molar-refractivity contribution in [1.29, 1.82) is 0 Å². The van der Waals surface area contributed by atoms with Crippen LogP contribution in [0.3, 0.4) is 0 Å². The number of nitrogens with one attached hydrogen (secondary N) is 1. The molecule has 2 unspecified atom stereocenters. The number of anilines is 1. The van der Waals surface area contributed by atoms with Gasteiger partial charge in [-0.15, -0.1) is 0 Å². The van der Waals surface area contributed by atoms with E-state index in [-0.39, 0.29) is 12.0 Å². The van der Waals surface area contributed by atoms with Gasteiger partial charge in [-0.3, -0.25) is 4.79 Å². The number of piperidine rings is 1. The van der Waals surface area contributed by atoms with Gasteiger partial charge in [0.05, 0.1) is 41.8 Å². The summed E-state index contributed by atoms with van der Waals surface area (Å²) in [7, 11) is 1.67. The third kappa shape index (κ3) is 4.89. The molecule has 2 aliphatic heterocycles. The summed E-state index contributed by atoms with van der Waals surface area (Å²) in [6.07, 6.45) is 4.66. The number of rotatable bonds is 7. The summed E-state index contributed by atoms with van der Waals surface area (Å²) in [6.45, 7) is 6.96. The lowest BCUT2D eigenvalue weighted by atomic mass is 9.65. The van der Waals surface area contributed by atoms with Crippen LogP contribution in [-0.4, -0.2) is 41.0 Å². The number of para-hydroxylation sites is 1. The summed E-state index contributed by atoms with van der Waals surface area (Å²) >= 11 is 0. The standard InChI is InChI=1S/C36H40N4O3/c1-23-17-30(18-24(2)37-23)43-33-21-27(32-19-25(3)38-40(32)28-9-6-5-7-10-28)20-31-34(33)39(35(41)36(31)15-8-16-36)22-26-11-13-29(42-4)14-12-26/h5-7,9-14,19-21,23-24,30,37H,8,15-18,22H2,1-4H3. The maximum atomic E-state index is 14.4. The molecular weight excluding hydrogens is 536 g/mol. The van der Waals surface area contributed by atoms with Crippen molar-refractivity contribution in [1.82, 2.24) is 15.1 Å². The van der Waals surface area contributed by atoms with Gasteiger partial charge in [0, 0.05) is 17.6 Å². The van der Waals surface area contributed by atoms with Gasteiger partial charge in [-0.25, -0.2) is 4.68 Å². The van der Waals surface area contributed by atoms with Gasteiger partial charge in [-0.05, 0) is 100 Å². The van der Waals surface area contributed by atoms with Crippen LogP contribution < -0.4 is 19.7 Å². The van der Waals surface area contributed by atoms with Crippen LogP contribution >= 0.6 is 0 Å². The van der Waals surface area contributed by atoms with Gasteiger partial charge >= 0.3 is 0 Å². The van der Waals surface area contributed by atoms with Crippen LogP contribution in [0.1, 0.15) is 62.8 Å². The van der Waals surface area contributed by atoms with Crippen molar-refractivity contribution in [3.8, 4) is 28.4 Å². The Morgan fingerprint density at radius 3 is 2.35 bits per heavy atom. The molecule has 43 heavy (non-hydrogen) atoms. The molecule has 2 atom stereocenters. The first-order valence-corrected chi connectivity index (χ1v) is 15.5. The summed E-state index contributed by atoms with van der Waals surface area (Å²) in [5.41, 5.74) is 6.57. The summed E-state index contributed by atoms with van der Waals surface area (Å²) in [6, 6.07) is 25.5. The number of aryl methyl sites for hydroxylation is 1. The average molecular weight is 577 g/mol. The minimum absolute atomic E-state index is 0.0576. The Morgan fingerprint density at radius 2 is 1.70 bits per heavy atom. The van der Waals surface area contributed by atoms with Crippen molar-refractivity contribution in [2.24, 2.45) is 0 Å². The van der Waals surface area contributed by atoms with Gasteiger partial charge in [-0.1, -0.05) is 36.8 Å². The first kappa shape index (κ1) is 27.7. The predicted molar refractivity (Wildman–Crippen MR) is 169 cm³/mol. The third-order valence-corrected chi connectivity index (χ3v) is 9.45. The predicted octanol–water partition coefficient (Wildman–Crippen LogP) is 6.73. The average Bonchev–Trinajstić information content (AvgIpc) is 3.48. The highest BCUT2D eigenvalue weighted by atomic mass is 16.5. The molecule has 7 rings (SSSR count). The second-order valence-corrected chi connectivity index (χ2v) is 12.6. The molecule has 1 aromatic heterocycles. The van der Waals surface area contributed by atoms with Gasteiger partial charge in [0.2, 0.25) is 5.91 Å². The molecule has 1 aliphatic carbocycles. The Kier molecular flexibility index (Phi) is 7.01. The van der Waals surface area contributed by atoms with Crippen LogP contribution in [0.4, 0.5) is 5.69 Å². The Hall–Kier alpha value is -4.10. The van der Waals surface area contributed by atoms with Crippen molar-refractivity contribution < 1.29 is 14.3 Å². The molecule has 0 radical (unpaired) electrons. The highest BCUT2D eigenvalue weighted by Crippen LogP contribution is 2.58. The number of aromatic nitrogens is 2. The van der Waals surface area contributed by atoms with E-state index in [4.69, 9.17) is 14.6 Å². The molecule has 1 saturated heterocycles. The van der Waals surface area contributed by atoms with Crippen LogP contribution in [0.15, 0.2) is 72.8 Å². The van der Waals surface area contributed by atoms with E-state index in [1.807, 2.05) is 59.0 Å². The minimum atomic E-state index is -0.503. The van der Waals surface area contributed by atoms with Gasteiger partial charge in [0.1, 0.15) is 17.6 Å². The van der Waals surface area contributed by atoms with E-state index < -0.39 is 5.41 Å². The van der Waals surface area contributed by atoms with Crippen LogP contribution in [0.25, 0.3) is 16.9 Å². The number of carbonyl (C=O) groups excluding carboxylic acids is 1. The van der Waals surface area contributed by atoms with Gasteiger partial charge in [0.25, 0.3) is 0 Å². The molecule has 1 amide bonds. The highest BCUT2D eigenvalue weighted by Gasteiger charge is 2.55. The lowest BCUT2D eigenvalue weighted by Crippen LogP contribution is -2.46. The number of ether oxygens (including phenoxy) is 2. The van der Waals surface area contributed by atoms with Crippen molar-refractivity contribution in [2.75, 3.05) is 12.0 Å².